The summed E-state index contributed by atoms with van der Waals surface area (Å²) in [4.78, 5) is 7.87. The molecule has 0 bridgehead atoms. The summed E-state index contributed by atoms with van der Waals surface area (Å²) in [5.41, 5.74) is 2.10. The van der Waals surface area contributed by atoms with Gasteiger partial charge in [-0.25, -0.2) is 9.97 Å². The molecule has 1 aromatic heterocycles. The summed E-state index contributed by atoms with van der Waals surface area (Å²) in [6, 6.07) is 0. The zero-order valence-corrected chi connectivity index (χ0v) is 7.79. The summed E-state index contributed by atoms with van der Waals surface area (Å²) in [6.45, 7) is 1.40. The van der Waals surface area contributed by atoms with E-state index in [9.17, 15) is 0 Å². The van der Waals surface area contributed by atoms with Crippen LogP contribution in [0.5, 0.6) is 0 Å². The molecule has 0 radical (unpaired) electrons. The molecule has 1 aromatic rings. The fraction of sp³-hybridized carbons (Fsp3) is 0.333. The maximum atomic E-state index is 5.92. The highest BCUT2D eigenvalue weighted by Gasteiger charge is 2.10. The Bertz CT molecular complexity index is 338. The molecular weight excluding hydrogens is 188 g/mol. The van der Waals surface area contributed by atoms with Crippen molar-refractivity contribution in [2.24, 2.45) is 0 Å². The molecule has 0 amide bonds. The predicted molar refractivity (Wildman–Crippen MR) is 50.5 cm³/mol. The molecule has 0 aromatic carbocycles. The van der Waals surface area contributed by atoms with E-state index in [1.807, 2.05) is 6.08 Å². The maximum absolute atomic E-state index is 5.92. The van der Waals surface area contributed by atoms with Crippen LogP contribution >= 0.6 is 11.6 Å². The molecule has 0 atom stereocenters. The first-order chi connectivity index (χ1) is 6.38. The third kappa shape index (κ3) is 1.87. The van der Waals surface area contributed by atoms with Crippen molar-refractivity contribution in [3.63, 3.8) is 0 Å². The molecule has 0 spiro atoms. The van der Waals surface area contributed by atoms with Crippen LogP contribution in [-0.2, 0) is 4.74 Å². The van der Waals surface area contributed by atoms with Crippen molar-refractivity contribution in [2.45, 2.75) is 6.42 Å². The number of hydrogen-bond acceptors (Lipinski definition) is 3. The van der Waals surface area contributed by atoms with Gasteiger partial charge in [0, 0.05) is 11.8 Å². The Balaban J connectivity index is 2.34. The van der Waals surface area contributed by atoms with E-state index < -0.39 is 0 Å². The lowest BCUT2D eigenvalue weighted by atomic mass is 10.1. The Morgan fingerprint density at radius 2 is 2.38 bits per heavy atom. The highest BCUT2D eigenvalue weighted by atomic mass is 35.5. The molecule has 0 unspecified atom stereocenters. The van der Waals surface area contributed by atoms with E-state index in [4.69, 9.17) is 16.3 Å². The lowest BCUT2D eigenvalue weighted by molar-refractivity contribution is 0.161. The normalized spacial score (nSPS) is 16.8. The Hall–Kier alpha value is -0.930. The minimum atomic E-state index is 0.517. The number of halogens is 1. The molecule has 2 heterocycles. The third-order valence-electron chi connectivity index (χ3n) is 1.97. The standard InChI is InChI=1S/C9H9ClN2O/c10-9-8(5-11-6-12-9)7-1-3-13-4-2-7/h1,5-6H,2-4H2. The molecule has 3 nitrogen and oxygen atoms in total. The van der Waals surface area contributed by atoms with Crippen LogP contribution in [0.25, 0.3) is 5.57 Å². The van der Waals surface area contributed by atoms with Crippen LogP contribution in [0.3, 0.4) is 0 Å². The second-order valence-corrected chi connectivity index (χ2v) is 3.14. The minimum absolute atomic E-state index is 0.517. The summed E-state index contributed by atoms with van der Waals surface area (Å²) in [5.74, 6) is 0. The largest absolute Gasteiger partial charge is 0.377 e. The van der Waals surface area contributed by atoms with E-state index in [1.54, 1.807) is 6.20 Å². The van der Waals surface area contributed by atoms with Gasteiger partial charge in [-0.3, -0.25) is 0 Å². The second kappa shape index (κ2) is 3.85. The highest BCUT2D eigenvalue weighted by molar-refractivity contribution is 6.31. The molecule has 0 fully saturated rings. The van der Waals surface area contributed by atoms with Gasteiger partial charge in [0.1, 0.15) is 11.5 Å². The summed E-state index contributed by atoms with van der Waals surface area (Å²) in [6.07, 6.45) is 6.10. The molecule has 0 saturated carbocycles. The summed E-state index contributed by atoms with van der Waals surface area (Å²) < 4.78 is 5.20. The average molecular weight is 197 g/mol. The first-order valence-corrected chi connectivity index (χ1v) is 4.48. The zero-order valence-electron chi connectivity index (χ0n) is 7.03. The smallest absolute Gasteiger partial charge is 0.139 e. The molecule has 0 N–H and O–H groups in total. The fourth-order valence-corrected chi connectivity index (χ4v) is 1.52. The van der Waals surface area contributed by atoms with Crippen molar-refractivity contribution in [3.05, 3.63) is 29.3 Å². The third-order valence-corrected chi connectivity index (χ3v) is 2.27. The minimum Gasteiger partial charge on any atom is -0.377 e. The van der Waals surface area contributed by atoms with Gasteiger partial charge in [0.05, 0.1) is 13.2 Å². The molecule has 1 aliphatic rings. The molecule has 4 heteroatoms. The van der Waals surface area contributed by atoms with Gasteiger partial charge < -0.3 is 4.74 Å². The van der Waals surface area contributed by atoms with Gasteiger partial charge in [-0.05, 0) is 12.0 Å². The molecule has 13 heavy (non-hydrogen) atoms. The Morgan fingerprint density at radius 1 is 1.46 bits per heavy atom. The topological polar surface area (TPSA) is 35.0 Å². The lowest BCUT2D eigenvalue weighted by Gasteiger charge is -2.13. The number of hydrogen-bond donors (Lipinski definition) is 0. The average Bonchev–Trinajstić information content (AvgIpc) is 2.20. The van der Waals surface area contributed by atoms with Crippen LogP contribution < -0.4 is 0 Å². The Kier molecular flexibility index (Phi) is 2.57. The lowest BCUT2D eigenvalue weighted by Crippen LogP contribution is -2.04. The first-order valence-electron chi connectivity index (χ1n) is 4.10. The fourth-order valence-electron chi connectivity index (χ4n) is 1.30. The Morgan fingerprint density at radius 3 is 3.08 bits per heavy atom. The van der Waals surface area contributed by atoms with Gasteiger partial charge >= 0.3 is 0 Å². The molecule has 1 aliphatic heterocycles. The highest BCUT2D eigenvalue weighted by Crippen LogP contribution is 2.25. The van der Waals surface area contributed by atoms with Crippen molar-refractivity contribution in [1.82, 2.24) is 9.97 Å². The van der Waals surface area contributed by atoms with Crippen LogP contribution in [0.1, 0.15) is 12.0 Å². The van der Waals surface area contributed by atoms with Crippen molar-refractivity contribution in [2.75, 3.05) is 13.2 Å². The molecule has 0 saturated heterocycles. The van der Waals surface area contributed by atoms with Gasteiger partial charge in [-0.2, -0.15) is 0 Å². The van der Waals surface area contributed by atoms with Crippen LogP contribution in [0.4, 0.5) is 0 Å². The SMILES string of the molecule is Clc1ncncc1C1=CCOCC1. The number of ether oxygens (including phenoxy) is 1. The van der Waals surface area contributed by atoms with Gasteiger partial charge in [0.2, 0.25) is 0 Å². The van der Waals surface area contributed by atoms with Crippen molar-refractivity contribution in [3.8, 4) is 0 Å². The molecular formula is C9H9ClN2O. The van der Waals surface area contributed by atoms with E-state index in [2.05, 4.69) is 9.97 Å². The monoisotopic (exact) mass is 196 g/mol. The number of rotatable bonds is 1. The van der Waals surface area contributed by atoms with E-state index in [1.165, 1.54) is 11.9 Å². The van der Waals surface area contributed by atoms with E-state index in [0.29, 0.717) is 11.8 Å². The quantitative estimate of drug-likeness (QED) is 0.644. The van der Waals surface area contributed by atoms with Crippen LogP contribution in [0, 0.1) is 0 Å². The molecule has 2 rings (SSSR count). The number of aromatic nitrogens is 2. The summed E-state index contributed by atoms with van der Waals surface area (Å²) >= 11 is 5.92. The second-order valence-electron chi connectivity index (χ2n) is 2.78. The van der Waals surface area contributed by atoms with Crippen LogP contribution in [0.2, 0.25) is 5.15 Å². The maximum Gasteiger partial charge on any atom is 0.139 e. The number of nitrogens with zero attached hydrogens (tertiary/aromatic N) is 2. The van der Waals surface area contributed by atoms with Crippen molar-refractivity contribution < 1.29 is 4.74 Å². The molecule has 68 valence electrons. The summed E-state index contributed by atoms with van der Waals surface area (Å²) in [7, 11) is 0. The van der Waals surface area contributed by atoms with Gasteiger partial charge in [0.15, 0.2) is 0 Å². The summed E-state index contributed by atoms with van der Waals surface area (Å²) in [5, 5.41) is 0.517. The predicted octanol–water partition coefficient (Wildman–Crippen LogP) is 1.93. The zero-order chi connectivity index (χ0) is 9.10. The van der Waals surface area contributed by atoms with E-state index in [0.717, 1.165) is 18.6 Å². The van der Waals surface area contributed by atoms with Crippen LogP contribution in [0.15, 0.2) is 18.6 Å². The van der Waals surface area contributed by atoms with Crippen molar-refractivity contribution in [1.29, 1.82) is 0 Å². The molecule has 0 aliphatic carbocycles. The van der Waals surface area contributed by atoms with Crippen LogP contribution in [-0.4, -0.2) is 23.2 Å². The van der Waals surface area contributed by atoms with E-state index >= 15 is 0 Å². The first kappa shape index (κ1) is 8.66. The van der Waals surface area contributed by atoms with E-state index in [-0.39, 0.29) is 0 Å². The van der Waals surface area contributed by atoms with Gasteiger partial charge in [0.25, 0.3) is 0 Å². The van der Waals surface area contributed by atoms with Crippen molar-refractivity contribution >= 4 is 17.2 Å². The Labute approximate surface area is 81.4 Å². The van der Waals surface area contributed by atoms with Gasteiger partial charge in [-0.15, -0.1) is 0 Å². The van der Waals surface area contributed by atoms with Gasteiger partial charge in [-0.1, -0.05) is 17.7 Å².